The van der Waals surface area contributed by atoms with Crippen LogP contribution < -0.4 is 10.2 Å². The second-order valence-electron chi connectivity index (χ2n) is 12.4. The standard InChI is InChI=1S/C35H46N6O2/c1-26-33(27(2)38-25-37-26)34(43)39-22-17-35(4,18-23-39)40-20-15-32(16-21-40)41(24-30-8-6-5-7-9-30)31-12-10-29(11-13-31)14-19-36-28(3)42/h5-13,25,32H,14-24H2,1-4H3,(H,36,42). The Balaban J connectivity index is 1.22. The molecule has 0 radical (unpaired) electrons. The van der Waals surface area contributed by atoms with E-state index in [0.29, 0.717) is 18.2 Å². The molecule has 1 N–H and O–H groups in total. The Kier molecular flexibility index (Phi) is 9.76. The number of carbonyl (C=O) groups is 2. The number of rotatable bonds is 9. The summed E-state index contributed by atoms with van der Waals surface area (Å²) in [5.74, 6) is 0.0754. The quantitative estimate of drug-likeness (QED) is 0.385. The molecule has 2 aromatic carbocycles. The minimum absolute atomic E-state index is 0.0114. The van der Waals surface area contributed by atoms with Crippen LogP contribution in [0.3, 0.4) is 0 Å². The van der Waals surface area contributed by atoms with Crippen molar-refractivity contribution in [2.45, 2.75) is 77.9 Å². The molecular formula is C35H46N6O2. The number of carbonyl (C=O) groups excluding carboxylic acids is 2. The van der Waals surface area contributed by atoms with Gasteiger partial charge < -0.3 is 15.1 Å². The van der Waals surface area contributed by atoms with Crippen molar-refractivity contribution < 1.29 is 9.59 Å². The van der Waals surface area contributed by atoms with Gasteiger partial charge in [-0.05, 0) is 76.1 Å². The highest BCUT2D eigenvalue weighted by Crippen LogP contribution is 2.34. The van der Waals surface area contributed by atoms with Crippen LogP contribution in [0.5, 0.6) is 0 Å². The fourth-order valence-electron chi connectivity index (χ4n) is 6.73. The number of nitrogens with one attached hydrogen (secondary N) is 1. The monoisotopic (exact) mass is 582 g/mol. The topological polar surface area (TPSA) is 81.7 Å². The first-order chi connectivity index (χ1) is 20.7. The van der Waals surface area contributed by atoms with Crippen LogP contribution in [0, 0.1) is 13.8 Å². The van der Waals surface area contributed by atoms with Crippen molar-refractivity contribution >= 4 is 17.5 Å². The van der Waals surface area contributed by atoms with E-state index in [4.69, 9.17) is 0 Å². The highest BCUT2D eigenvalue weighted by Gasteiger charge is 2.39. The van der Waals surface area contributed by atoms with Crippen molar-refractivity contribution in [2.75, 3.05) is 37.6 Å². The first-order valence-electron chi connectivity index (χ1n) is 15.7. The van der Waals surface area contributed by atoms with Gasteiger partial charge in [0.1, 0.15) is 6.33 Å². The normalized spacial score (nSPS) is 17.4. The number of nitrogens with zero attached hydrogens (tertiary/aromatic N) is 5. The summed E-state index contributed by atoms with van der Waals surface area (Å²) in [6.45, 7) is 12.9. The summed E-state index contributed by atoms with van der Waals surface area (Å²) in [4.78, 5) is 40.4. The molecule has 3 heterocycles. The van der Waals surface area contributed by atoms with Crippen LogP contribution >= 0.6 is 0 Å². The van der Waals surface area contributed by atoms with E-state index in [2.05, 4.69) is 86.6 Å². The van der Waals surface area contributed by atoms with Gasteiger partial charge in [0.15, 0.2) is 0 Å². The van der Waals surface area contributed by atoms with Crippen LogP contribution in [0.15, 0.2) is 60.9 Å². The summed E-state index contributed by atoms with van der Waals surface area (Å²) in [5, 5.41) is 2.89. The minimum atomic E-state index is 0.0114. The first kappa shape index (κ1) is 30.7. The predicted octanol–water partition coefficient (Wildman–Crippen LogP) is 4.94. The van der Waals surface area contributed by atoms with Crippen molar-refractivity contribution in [3.8, 4) is 0 Å². The number of hydrogen-bond donors (Lipinski definition) is 1. The number of benzene rings is 2. The summed E-state index contributed by atoms with van der Waals surface area (Å²) in [5.41, 5.74) is 6.07. The van der Waals surface area contributed by atoms with Gasteiger partial charge in [0.25, 0.3) is 5.91 Å². The Morgan fingerprint density at radius 3 is 2.14 bits per heavy atom. The van der Waals surface area contributed by atoms with Crippen LogP contribution in [0.25, 0.3) is 0 Å². The second-order valence-corrected chi connectivity index (χ2v) is 12.4. The Labute approximate surface area is 256 Å². The molecular weight excluding hydrogens is 536 g/mol. The van der Waals surface area contributed by atoms with Gasteiger partial charge in [0.2, 0.25) is 5.91 Å². The van der Waals surface area contributed by atoms with E-state index < -0.39 is 0 Å². The third kappa shape index (κ3) is 7.42. The van der Waals surface area contributed by atoms with Crippen LogP contribution in [-0.4, -0.2) is 75.9 Å². The zero-order valence-corrected chi connectivity index (χ0v) is 26.2. The summed E-state index contributed by atoms with van der Waals surface area (Å²) >= 11 is 0. The average Bonchev–Trinajstić information content (AvgIpc) is 3.01. The smallest absolute Gasteiger partial charge is 0.257 e. The van der Waals surface area contributed by atoms with E-state index in [1.54, 1.807) is 6.92 Å². The molecule has 2 saturated heterocycles. The molecule has 0 bridgehead atoms. The van der Waals surface area contributed by atoms with Gasteiger partial charge in [-0.3, -0.25) is 14.5 Å². The highest BCUT2D eigenvalue weighted by atomic mass is 16.2. The van der Waals surface area contributed by atoms with E-state index in [1.807, 2.05) is 18.7 Å². The molecule has 0 saturated carbocycles. The number of aromatic nitrogens is 2. The zero-order chi connectivity index (χ0) is 30.4. The minimum Gasteiger partial charge on any atom is -0.364 e. The van der Waals surface area contributed by atoms with Crippen molar-refractivity contribution in [3.63, 3.8) is 0 Å². The molecule has 8 heteroatoms. The van der Waals surface area contributed by atoms with Crippen molar-refractivity contribution in [1.29, 1.82) is 0 Å². The van der Waals surface area contributed by atoms with Crippen LogP contribution in [0.2, 0.25) is 0 Å². The molecule has 2 aliphatic rings. The van der Waals surface area contributed by atoms with Crippen molar-refractivity contribution in [1.82, 2.24) is 25.1 Å². The maximum atomic E-state index is 13.3. The molecule has 2 amide bonds. The molecule has 43 heavy (non-hydrogen) atoms. The van der Waals surface area contributed by atoms with Crippen LogP contribution in [0.4, 0.5) is 5.69 Å². The molecule has 0 atom stereocenters. The van der Waals surface area contributed by atoms with Gasteiger partial charge in [-0.1, -0.05) is 42.5 Å². The molecule has 2 fully saturated rings. The third-order valence-electron chi connectivity index (χ3n) is 9.49. The lowest BCUT2D eigenvalue weighted by Gasteiger charge is -2.50. The lowest BCUT2D eigenvalue weighted by molar-refractivity contribution is -0.118. The fourth-order valence-corrected chi connectivity index (χ4v) is 6.73. The summed E-state index contributed by atoms with van der Waals surface area (Å²) in [6, 6.07) is 20.1. The van der Waals surface area contributed by atoms with Gasteiger partial charge in [0.05, 0.1) is 17.0 Å². The number of anilines is 1. The number of amides is 2. The van der Waals surface area contributed by atoms with Gasteiger partial charge in [-0.15, -0.1) is 0 Å². The Morgan fingerprint density at radius 2 is 1.53 bits per heavy atom. The Bertz CT molecular complexity index is 1360. The maximum Gasteiger partial charge on any atom is 0.257 e. The zero-order valence-electron chi connectivity index (χ0n) is 26.2. The second kappa shape index (κ2) is 13.7. The number of hydrogen-bond acceptors (Lipinski definition) is 6. The highest BCUT2D eigenvalue weighted by molar-refractivity contribution is 5.96. The van der Waals surface area contributed by atoms with E-state index in [0.717, 1.165) is 76.2 Å². The molecule has 5 rings (SSSR count). The predicted molar refractivity (Wildman–Crippen MR) is 171 cm³/mol. The SMILES string of the molecule is CC(=O)NCCc1ccc(N(Cc2ccccc2)C2CCN(C3(C)CCN(C(=O)c4c(C)ncnc4C)CC3)CC2)cc1. The van der Waals surface area contributed by atoms with E-state index in [1.165, 1.54) is 23.1 Å². The molecule has 3 aromatic rings. The largest absolute Gasteiger partial charge is 0.364 e. The summed E-state index contributed by atoms with van der Waals surface area (Å²) in [7, 11) is 0. The number of piperidine rings is 2. The van der Waals surface area contributed by atoms with Gasteiger partial charge in [0, 0.05) is 63.5 Å². The molecule has 0 aliphatic carbocycles. The fraction of sp³-hybridized carbons (Fsp3) is 0.486. The first-order valence-corrected chi connectivity index (χ1v) is 15.7. The average molecular weight is 583 g/mol. The molecule has 8 nitrogen and oxygen atoms in total. The Morgan fingerprint density at radius 1 is 0.907 bits per heavy atom. The van der Waals surface area contributed by atoms with Crippen molar-refractivity contribution in [2.24, 2.45) is 0 Å². The molecule has 2 aliphatic heterocycles. The van der Waals surface area contributed by atoms with E-state index >= 15 is 0 Å². The number of aryl methyl sites for hydroxylation is 2. The van der Waals surface area contributed by atoms with Gasteiger partial charge >= 0.3 is 0 Å². The van der Waals surface area contributed by atoms with Gasteiger partial charge in [-0.25, -0.2) is 9.97 Å². The molecule has 1 aromatic heterocycles. The lowest BCUT2D eigenvalue weighted by Crippen LogP contribution is -2.58. The third-order valence-corrected chi connectivity index (χ3v) is 9.49. The summed E-state index contributed by atoms with van der Waals surface area (Å²) < 4.78 is 0. The van der Waals surface area contributed by atoms with E-state index in [-0.39, 0.29) is 17.4 Å². The van der Waals surface area contributed by atoms with Crippen molar-refractivity contribution in [3.05, 3.63) is 89.0 Å². The van der Waals surface area contributed by atoms with E-state index in [9.17, 15) is 9.59 Å². The molecule has 228 valence electrons. The lowest BCUT2D eigenvalue weighted by atomic mass is 9.85. The maximum absolute atomic E-state index is 13.3. The van der Waals surface area contributed by atoms with Crippen LogP contribution in [-0.2, 0) is 17.8 Å². The van der Waals surface area contributed by atoms with Crippen LogP contribution in [0.1, 0.15) is 72.4 Å². The summed E-state index contributed by atoms with van der Waals surface area (Å²) in [6.07, 6.45) is 6.53. The number of likely N-dealkylation sites (tertiary alicyclic amines) is 2. The van der Waals surface area contributed by atoms with Gasteiger partial charge in [-0.2, -0.15) is 0 Å². The Hall–Kier alpha value is -3.78. The molecule has 0 spiro atoms. The molecule has 0 unspecified atom stereocenters.